The zero-order valence-electron chi connectivity index (χ0n) is 17.5. The largest absolute Gasteiger partial charge is 0.493 e. The molecule has 7 nitrogen and oxygen atoms in total. The highest BCUT2D eigenvalue weighted by Gasteiger charge is 2.41. The van der Waals surface area contributed by atoms with E-state index in [9.17, 15) is 14.7 Å². The van der Waals surface area contributed by atoms with Crippen LogP contribution in [0.4, 0.5) is 0 Å². The van der Waals surface area contributed by atoms with Gasteiger partial charge in [0.05, 0.1) is 24.8 Å². The molecule has 0 unspecified atom stereocenters. The van der Waals surface area contributed by atoms with Crippen LogP contribution in [0.5, 0.6) is 11.5 Å². The Hall–Kier alpha value is -2.91. The van der Waals surface area contributed by atoms with Gasteiger partial charge in [0.1, 0.15) is 10.4 Å². The van der Waals surface area contributed by atoms with Crippen molar-refractivity contribution in [3.63, 3.8) is 0 Å². The zero-order valence-corrected chi connectivity index (χ0v) is 19.1. The number of benzene rings is 1. The van der Waals surface area contributed by atoms with Gasteiger partial charge in [0.2, 0.25) is 0 Å². The molecule has 2 aromatic rings. The maximum Gasteiger partial charge on any atom is 0.327 e. The first-order chi connectivity index (χ1) is 14.8. The molecular formula is C22H22N2O5S2. The monoisotopic (exact) mass is 458 g/mol. The Labute approximate surface area is 190 Å². The number of carbonyl (C=O) groups excluding carboxylic acids is 1. The number of rotatable bonds is 7. The molecular weight excluding hydrogens is 436 g/mol. The van der Waals surface area contributed by atoms with Gasteiger partial charge in [-0.1, -0.05) is 50.0 Å². The molecule has 3 rings (SSSR count). The molecule has 31 heavy (non-hydrogen) atoms. The van der Waals surface area contributed by atoms with Crippen molar-refractivity contribution in [2.24, 2.45) is 5.92 Å². The van der Waals surface area contributed by atoms with Crippen LogP contribution < -0.4 is 9.47 Å². The fraction of sp³-hybridized carbons (Fsp3) is 0.273. The number of ether oxygens (including phenoxy) is 2. The van der Waals surface area contributed by atoms with Gasteiger partial charge < -0.3 is 14.6 Å². The fourth-order valence-corrected chi connectivity index (χ4v) is 4.63. The Morgan fingerprint density at radius 1 is 1.23 bits per heavy atom. The van der Waals surface area contributed by atoms with E-state index in [1.807, 2.05) is 24.3 Å². The second-order valence-corrected chi connectivity index (χ2v) is 8.77. The third kappa shape index (κ3) is 4.57. The topological polar surface area (TPSA) is 89.0 Å². The van der Waals surface area contributed by atoms with Crippen LogP contribution in [0.15, 0.2) is 41.4 Å². The number of hydrogen-bond acceptors (Lipinski definition) is 7. The lowest BCUT2D eigenvalue weighted by Crippen LogP contribution is -2.47. The van der Waals surface area contributed by atoms with Crippen LogP contribution in [-0.2, 0) is 9.59 Å². The van der Waals surface area contributed by atoms with Crippen molar-refractivity contribution in [2.45, 2.75) is 19.9 Å². The number of carboxylic acid groups (broad SMARTS) is 1. The lowest BCUT2D eigenvalue weighted by molar-refractivity contribution is -0.146. The van der Waals surface area contributed by atoms with E-state index >= 15 is 0 Å². The number of aliphatic carboxylic acids is 1. The SMILES string of the molecule is COc1cccc(-c2ccc(/C=C3/SC(=S)N([C@H](C(=O)O)C(C)C)C3=O)cn2)c1OC. The summed E-state index contributed by atoms with van der Waals surface area (Å²) in [6.45, 7) is 3.49. The normalized spacial score (nSPS) is 16.2. The summed E-state index contributed by atoms with van der Waals surface area (Å²) in [5.74, 6) is -0.578. The number of para-hydroxylation sites is 1. The average molecular weight is 459 g/mol. The fourth-order valence-electron chi connectivity index (χ4n) is 3.30. The summed E-state index contributed by atoms with van der Waals surface area (Å²) in [6.07, 6.45) is 3.30. The van der Waals surface area contributed by atoms with Crippen molar-refractivity contribution in [2.75, 3.05) is 14.2 Å². The summed E-state index contributed by atoms with van der Waals surface area (Å²) in [5.41, 5.74) is 2.16. The molecule has 2 heterocycles. The van der Waals surface area contributed by atoms with Gasteiger partial charge in [-0.2, -0.15) is 0 Å². The number of pyridine rings is 1. The minimum absolute atomic E-state index is 0.239. The van der Waals surface area contributed by atoms with Gasteiger partial charge in [0, 0.05) is 11.8 Å². The number of amides is 1. The van der Waals surface area contributed by atoms with E-state index in [0.29, 0.717) is 27.7 Å². The minimum atomic E-state index is -1.08. The van der Waals surface area contributed by atoms with Gasteiger partial charge in [0.15, 0.2) is 11.5 Å². The van der Waals surface area contributed by atoms with Crippen LogP contribution in [0.2, 0.25) is 0 Å². The second-order valence-electron chi connectivity index (χ2n) is 7.10. The Balaban J connectivity index is 1.89. The third-order valence-electron chi connectivity index (χ3n) is 4.75. The maximum atomic E-state index is 12.8. The number of carbonyl (C=O) groups is 2. The second kappa shape index (κ2) is 9.49. The molecule has 1 fully saturated rings. The van der Waals surface area contributed by atoms with Gasteiger partial charge >= 0.3 is 5.97 Å². The van der Waals surface area contributed by atoms with Gasteiger partial charge in [-0.3, -0.25) is 14.7 Å². The van der Waals surface area contributed by atoms with Crippen LogP contribution in [0, 0.1) is 5.92 Å². The molecule has 1 aromatic carbocycles. The number of methoxy groups -OCH3 is 2. The molecule has 0 spiro atoms. The van der Waals surface area contributed by atoms with Gasteiger partial charge in [-0.25, -0.2) is 4.79 Å². The minimum Gasteiger partial charge on any atom is -0.493 e. The predicted octanol–water partition coefficient (Wildman–Crippen LogP) is 4.08. The highest BCUT2D eigenvalue weighted by molar-refractivity contribution is 8.26. The summed E-state index contributed by atoms with van der Waals surface area (Å²) in [5, 5.41) is 9.52. The quantitative estimate of drug-likeness (QED) is 0.491. The van der Waals surface area contributed by atoms with Crippen LogP contribution in [0.25, 0.3) is 17.3 Å². The van der Waals surface area contributed by atoms with Gasteiger partial charge in [-0.05, 0) is 35.8 Å². The molecule has 162 valence electrons. The van der Waals surface area contributed by atoms with Crippen LogP contribution in [0.1, 0.15) is 19.4 Å². The summed E-state index contributed by atoms with van der Waals surface area (Å²) in [6, 6.07) is 8.18. The first-order valence-electron chi connectivity index (χ1n) is 9.45. The summed E-state index contributed by atoms with van der Waals surface area (Å²) >= 11 is 6.38. The summed E-state index contributed by atoms with van der Waals surface area (Å²) < 4.78 is 11.0. The lowest BCUT2D eigenvalue weighted by atomic mass is 10.0. The maximum absolute atomic E-state index is 12.8. The molecule has 1 amide bonds. The predicted molar refractivity (Wildman–Crippen MR) is 124 cm³/mol. The number of aromatic nitrogens is 1. The van der Waals surface area contributed by atoms with Crippen LogP contribution >= 0.6 is 24.0 Å². The van der Waals surface area contributed by atoms with E-state index in [4.69, 9.17) is 21.7 Å². The highest BCUT2D eigenvalue weighted by Crippen LogP contribution is 2.38. The molecule has 9 heteroatoms. The van der Waals surface area contributed by atoms with Crippen LogP contribution in [-0.4, -0.2) is 51.4 Å². The van der Waals surface area contributed by atoms with Crippen molar-refractivity contribution in [3.8, 4) is 22.8 Å². The number of nitrogens with zero attached hydrogens (tertiary/aromatic N) is 2. The molecule has 1 aromatic heterocycles. The number of carboxylic acids is 1. The Kier molecular flexibility index (Phi) is 6.97. The number of thiocarbonyl (C=S) groups is 1. The molecule has 0 radical (unpaired) electrons. The Bertz CT molecular complexity index is 1050. The van der Waals surface area contributed by atoms with E-state index in [2.05, 4.69) is 4.98 Å². The Morgan fingerprint density at radius 3 is 2.52 bits per heavy atom. The molecule has 1 N–H and O–H groups in total. The molecule has 0 bridgehead atoms. The molecule has 0 saturated carbocycles. The van der Waals surface area contributed by atoms with Crippen molar-refractivity contribution in [1.29, 1.82) is 0 Å². The molecule has 1 aliphatic heterocycles. The molecule has 0 aliphatic carbocycles. The van der Waals surface area contributed by atoms with Crippen LogP contribution in [0.3, 0.4) is 0 Å². The van der Waals surface area contributed by atoms with Crippen molar-refractivity contribution >= 4 is 46.3 Å². The number of hydrogen-bond donors (Lipinski definition) is 1. The van der Waals surface area contributed by atoms with E-state index in [0.717, 1.165) is 17.3 Å². The smallest absolute Gasteiger partial charge is 0.327 e. The van der Waals surface area contributed by atoms with Crippen molar-refractivity contribution < 1.29 is 24.2 Å². The first-order valence-corrected chi connectivity index (χ1v) is 10.7. The molecule has 1 atom stereocenters. The molecule has 1 aliphatic rings. The summed E-state index contributed by atoms with van der Waals surface area (Å²) in [4.78, 5) is 30.5. The van der Waals surface area contributed by atoms with Crippen molar-refractivity contribution in [3.05, 3.63) is 47.0 Å². The van der Waals surface area contributed by atoms with E-state index < -0.39 is 17.9 Å². The number of thioether (sulfide) groups is 1. The highest BCUT2D eigenvalue weighted by atomic mass is 32.2. The van der Waals surface area contributed by atoms with E-state index in [-0.39, 0.29) is 10.2 Å². The van der Waals surface area contributed by atoms with E-state index in [1.54, 1.807) is 46.4 Å². The Morgan fingerprint density at radius 2 is 1.97 bits per heavy atom. The first kappa shape index (κ1) is 22.8. The average Bonchev–Trinajstić information content (AvgIpc) is 3.01. The molecule has 1 saturated heterocycles. The van der Waals surface area contributed by atoms with Gasteiger partial charge in [-0.15, -0.1) is 0 Å². The zero-order chi connectivity index (χ0) is 22.7. The van der Waals surface area contributed by atoms with Gasteiger partial charge in [0.25, 0.3) is 5.91 Å². The summed E-state index contributed by atoms with van der Waals surface area (Å²) in [7, 11) is 3.14. The lowest BCUT2D eigenvalue weighted by Gasteiger charge is -2.26. The standard InChI is InChI=1S/C22H22N2O5S2/c1-12(2)18(21(26)27)24-20(25)17(31-22(24)30)10-13-8-9-15(23-11-13)14-6-5-7-16(28-3)19(14)29-4/h5-12,18H,1-4H3,(H,26,27)/b17-10+/t18-/m0/s1. The van der Waals surface area contributed by atoms with E-state index in [1.165, 1.54) is 4.90 Å². The van der Waals surface area contributed by atoms with Crippen molar-refractivity contribution in [1.82, 2.24) is 9.88 Å². The third-order valence-corrected chi connectivity index (χ3v) is 6.08.